The molecule has 2 aliphatic heterocycles. The fourth-order valence-electron chi connectivity index (χ4n) is 3.18. The maximum atomic E-state index is 3.65. The minimum Gasteiger partial charge on any atom is -0.359 e. The second-order valence-electron chi connectivity index (χ2n) is 5.08. The van der Waals surface area contributed by atoms with Crippen LogP contribution in [0.5, 0.6) is 0 Å². The lowest BCUT2D eigenvalue weighted by Crippen LogP contribution is -2.41. The molecule has 0 amide bonds. The van der Waals surface area contributed by atoms with Gasteiger partial charge in [0, 0.05) is 17.8 Å². The molecule has 1 aromatic rings. The lowest BCUT2D eigenvalue weighted by atomic mass is 10.0. The topological polar surface area (TPSA) is 27.3 Å². The fraction of sp³-hybridized carbons (Fsp3) is 0.250. The largest absolute Gasteiger partial charge is 0.359 e. The number of fused-ring (bicyclic) bond motifs is 3. The molecule has 0 bridgehead atoms. The lowest BCUT2D eigenvalue weighted by molar-refractivity contribution is 0.346. The minimum atomic E-state index is 0.251. The fourth-order valence-corrected chi connectivity index (χ4v) is 3.18. The molecule has 0 saturated carbocycles. The van der Waals surface area contributed by atoms with Gasteiger partial charge in [-0.1, -0.05) is 24.3 Å². The average molecular weight is 251 g/mol. The normalized spacial score (nSPS) is 23.1. The van der Waals surface area contributed by atoms with Crippen LogP contribution in [0.2, 0.25) is 0 Å². The van der Waals surface area contributed by atoms with E-state index >= 15 is 0 Å². The van der Waals surface area contributed by atoms with E-state index in [-0.39, 0.29) is 6.17 Å². The van der Waals surface area contributed by atoms with Crippen molar-refractivity contribution in [2.75, 3.05) is 17.2 Å². The summed E-state index contributed by atoms with van der Waals surface area (Å²) < 4.78 is 0. The number of nitrogens with zero attached hydrogens (tertiary/aromatic N) is 1. The van der Waals surface area contributed by atoms with E-state index in [4.69, 9.17) is 0 Å². The molecular weight excluding hydrogens is 234 g/mol. The molecule has 2 N–H and O–H groups in total. The van der Waals surface area contributed by atoms with Crippen LogP contribution in [-0.4, -0.2) is 17.6 Å². The van der Waals surface area contributed by atoms with Crippen molar-refractivity contribution < 1.29 is 0 Å². The summed E-state index contributed by atoms with van der Waals surface area (Å²) in [5.41, 5.74) is 6.46. The number of hydrogen-bond acceptors (Lipinski definition) is 3. The second-order valence-corrected chi connectivity index (χ2v) is 5.08. The molecule has 1 aliphatic carbocycles. The summed E-state index contributed by atoms with van der Waals surface area (Å²) >= 11 is 0. The Hall–Kier alpha value is -2.16. The van der Waals surface area contributed by atoms with Gasteiger partial charge in [-0.25, -0.2) is 0 Å². The van der Waals surface area contributed by atoms with E-state index in [0.29, 0.717) is 0 Å². The van der Waals surface area contributed by atoms with E-state index in [2.05, 4.69) is 65.0 Å². The SMILES string of the molecule is CCN1C2=CC=CCC2=C2Nc3ccccc3NC21. The molecule has 1 aromatic carbocycles. The summed E-state index contributed by atoms with van der Waals surface area (Å²) in [5, 5.41) is 7.28. The molecule has 4 rings (SSSR count). The first-order valence-corrected chi connectivity index (χ1v) is 6.88. The van der Waals surface area contributed by atoms with Crippen LogP contribution in [0, 0.1) is 0 Å². The zero-order valence-electron chi connectivity index (χ0n) is 11.0. The van der Waals surface area contributed by atoms with Gasteiger partial charge >= 0.3 is 0 Å². The van der Waals surface area contributed by atoms with Gasteiger partial charge in [-0.15, -0.1) is 0 Å². The molecule has 1 atom stereocenters. The number of likely N-dealkylation sites (N-methyl/N-ethyl adjacent to an activating group) is 1. The molecule has 1 unspecified atom stereocenters. The summed E-state index contributed by atoms with van der Waals surface area (Å²) in [6.07, 6.45) is 7.88. The van der Waals surface area contributed by atoms with Crippen LogP contribution in [0.15, 0.2) is 59.5 Å². The molecule has 0 fully saturated rings. The number of rotatable bonds is 1. The summed E-state index contributed by atoms with van der Waals surface area (Å²) in [7, 11) is 0. The van der Waals surface area contributed by atoms with Gasteiger partial charge in [-0.2, -0.15) is 0 Å². The molecule has 0 radical (unpaired) electrons. The van der Waals surface area contributed by atoms with E-state index in [9.17, 15) is 0 Å². The van der Waals surface area contributed by atoms with E-state index in [0.717, 1.165) is 13.0 Å². The summed E-state index contributed by atoms with van der Waals surface area (Å²) in [6, 6.07) is 8.41. The van der Waals surface area contributed by atoms with E-state index < -0.39 is 0 Å². The van der Waals surface area contributed by atoms with Gasteiger partial charge in [-0.05, 0) is 31.6 Å². The monoisotopic (exact) mass is 251 g/mol. The van der Waals surface area contributed by atoms with Crippen molar-refractivity contribution in [3.05, 3.63) is 59.5 Å². The average Bonchev–Trinajstić information content (AvgIpc) is 2.78. The van der Waals surface area contributed by atoms with Crippen LogP contribution in [0.3, 0.4) is 0 Å². The number of para-hydroxylation sites is 2. The number of allylic oxidation sites excluding steroid dienone is 4. The molecule has 0 aromatic heterocycles. The molecule has 0 spiro atoms. The molecule has 2 heterocycles. The third-order valence-corrected chi connectivity index (χ3v) is 4.07. The van der Waals surface area contributed by atoms with Crippen molar-refractivity contribution in [3.8, 4) is 0 Å². The van der Waals surface area contributed by atoms with Crippen LogP contribution >= 0.6 is 0 Å². The highest BCUT2D eigenvalue weighted by Crippen LogP contribution is 2.42. The zero-order valence-corrected chi connectivity index (χ0v) is 11.0. The van der Waals surface area contributed by atoms with Gasteiger partial charge < -0.3 is 15.5 Å². The molecule has 96 valence electrons. The van der Waals surface area contributed by atoms with Crippen LogP contribution in [0.4, 0.5) is 11.4 Å². The highest BCUT2D eigenvalue weighted by Gasteiger charge is 2.37. The Balaban J connectivity index is 1.83. The predicted molar refractivity (Wildman–Crippen MR) is 78.7 cm³/mol. The molecule has 3 nitrogen and oxygen atoms in total. The Kier molecular flexibility index (Phi) is 2.21. The van der Waals surface area contributed by atoms with E-state index in [1.165, 1.54) is 28.3 Å². The minimum absolute atomic E-state index is 0.251. The van der Waals surface area contributed by atoms with Gasteiger partial charge in [0.05, 0.1) is 17.1 Å². The van der Waals surface area contributed by atoms with Gasteiger partial charge in [0.25, 0.3) is 0 Å². The van der Waals surface area contributed by atoms with Crippen molar-refractivity contribution in [3.63, 3.8) is 0 Å². The van der Waals surface area contributed by atoms with Crippen LogP contribution < -0.4 is 10.6 Å². The standard InChI is InChI=1S/C16H17N3/c1-2-19-14-10-6-3-7-11(14)15-16(19)18-13-9-5-4-8-12(13)17-15/h3-6,8-10,16-18H,2,7H2,1H3. The number of hydrogen-bond donors (Lipinski definition) is 2. The quantitative estimate of drug-likeness (QED) is 0.802. The Labute approximate surface area is 113 Å². The first-order chi connectivity index (χ1) is 9.38. The third kappa shape index (κ3) is 1.44. The van der Waals surface area contributed by atoms with E-state index in [1.54, 1.807) is 0 Å². The van der Waals surface area contributed by atoms with Crippen LogP contribution in [0.1, 0.15) is 13.3 Å². The highest BCUT2D eigenvalue weighted by molar-refractivity contribution is 5.77. The summed E-state index contributed by atoms with van der Waals surface area (Å²) in [5.74, 6) is 0. The molecule has 0 saturated heterocycles. The van der Waals surface area contributed by atoms with Crippen molar-refractivity contribution >= 4 is 11.4 Å². The van der Waals surface area contributed by atoms with Crippen molar-refractivity contribution in [2.24, 2.45) is 0 Å². The lowest BCUT2D eigenvalue weighted by Gasteiger charge is -2.34. The van der Waals surface area contributed by atoms with Crippen LogP contribution in [0.25, 0.3) is 0 Å². The zero-order chi connectivity index (χ0) is 12.8. The van der Waals surface area contributed by atoms with Crippen LogP contribution in [-0.2, 0) is 0 Å². The summed E-state index contributed by atoms with van der Waals surface area (Å²) in [4.78, 5) is 2.43. The Morgan fingerprint density at radius 3 is 2.95 bits per heavy atom. The molecule has 3 heteroatoms. The van der Waals surface area contributed by atoms with Gasteiger partial charge in [0.15, 0.2) is 0 Å². The van der Waals surface area contributed by atoms with Crippen molar-refractivity contribution in [1.29, 1.82) is 0 Å². The summed E-state index contributed by atoms with van der Waals surface area (Å²) in [6.45, 7) is 3.22. The molecule has 3 aliphatic rings. The molecule has 19 heavy (non-hydrogen) atoms. The predicted octanol–water partition coefficient (Wildman–Crippen LogP) is 3.28. The highest BCUT2D eigenvalue weighted by atomic mass is 15.3. The van der Waals surface area contributed by atoms with Gasteiger partial charge in [0.1, 0.15) is 6.17 Å². The van der Waals surface area contributed by atoms with E-state index in [1.807, 2.05) is 0 Å². The maximum Gasteiger partial charge on any atom is 0.141 e. The Bertz CT molecular complexity index is 625. The van der Waals surface area contributed by atoms with Crippen molar-refractivity contribution in [1.82, 2.24) is 4.90 Å². The number of benzene rings is 1. The smallest absolute Gasteiger partial charge is 0.141 e. The maximum absolute atomic E-state index is 3.65. The number of nitrogens with one attached hydrogen (secondary N) is 2. The van der Waals surface area contributed by atoms with Gasteiger partial charge in [-0.3, -0.25) is 0 Å². The molecular formula is C16H17N3. The second kappa shape index (κ2) is 3.92. The number of anilines is 2. The first-order valence-electron chi connectivity index (χ1n) is 6.88. The third-order valence-electron chi connectivity index (χ3n) is 4.07. The first kappa shape index (κ1) is 10.7. The van der Waals surface area contributed by atoms with Crippen molar-refractivity contribution in [2.45, 2.75) is 19.5 Å². The Morgan fingerprint density at radius 2 is 2.11 bits per heavy atom. The van der Waals surface area contributed by atoms with Gasteiger partial charge in [0.2, 0.25) is 0 Å². The Morgan fingerprint density at radius 1 is 1.26 bits per heavy atom.